The molecule has 2 saturated carbocycles. The lowest BCUT2D eigenvalue weighted by Crippen LogP contribution is -2.50. The van der Waals surface area contributed by atoms with Crippen molar-refractivity contribution in [2.45, 2.75) is 50.6 Å². The molecule has 2 nitrogen and oxygen atoms in total. The Bertz CT molecular complexity index is 204. The summed E-state index contributed by atoms with van der Waals surface area (Å²) in [4.78, 5) is 2.71. The molecule has 1 spiro atoms. The Labute approximate surface area is 80.5 Å². The highest BCUT2D eigenvalue weighted by atomic mass is 15.2. The molecule has 0 aromatic rings. The van der Waals surface area contributed by atoms with E-state index in [-0.39, 0.29) is 0 Å². The molecule has 0 radical (unpaired) electrons. The Kier molecular flexibility index (Phi) is 1.72. The third-order valence-corrected chi connectivity index (χ3v) is 4.55. The van der Waals surface area contributed by atoms with Gasteiger partial charge in [-0.3, -0.25) is 4.90 Å². The Morgan fingerprint density at radius 1 is 1.15 bits per heavy atom. The van der Waals surface area contributed by atoms with Gasteiger partial charge in [-0.1, -0.05) is 6.42 Å². The lowest BCUT2D eigenvalue weighted by Gasteiger charge is -2.43. The summed E-state index contributed by atoms with van der Waals surface area (Å²) in [5, 5.41) is 0. The fourth-order valence-corrected chi connectivity index (χ4v) is 3.29. The van der Waals surface area contributed by atoms with E-state index in [2.05, 4.69) is 4.90 Å². The molecule has 2 N–H and O–H groups in total. The van der Waals surface area contributed by atoms with Gasteiger partial charge < -0.3 is 5.73 Å². The third-order valence-electron chi connectivity index (χ3n) is 4.55. The van der Waals surface area contributed by atoms with E-state index in [1.165, 1.54) is 51.6 Å². The normalized spacial score (nSPS) is 43.2. The molecular formula is C11H20N2. The van der Waals surface area contributed by atoms with Crippen molar-refractivity contribution in [1.82, 2.24) is 4.90 Å². The van der Waals surface area contributed by atoms with Gasteiger partial charge in [0.15, 0.2) is 0 Å². The molecule has 2 heteroatoms. The molecule has 1 heterocycles. The fraction of sp³-hybridized carbons (Fsp3) is 1.00. The van der Waals surface area contributed by atoms with Gasteiger partial charge in [-0.2, -0.15) is 0 Å². The summed E-state index contributed by atoms with van der Waals surface area (Å²) in [6.45, 7) is 2.75. The first-order valence-electron chi connectivity index (χ1n) is 5.77. The van der Waals surface area contributed by atoms with Crippen LogP contribution in [0.25, 0.3) is 0 Å². The van der Waals surface area contributed by atoms with Crippen molar-refractivity contribution >= 4 is 0 Å². The van der Waals surface area contributed by atoms with Crippen molar-refractivity contribution in [2.75, 3.05) is 13.1 Å². The quantitative estimate of drug-likeness (QED) is 0.660. The van der Waals surface area contributed by atoms with Gasteiger partial charge in [0.25, 0.3) is 0 Å². The smallest absolute Gasteiger partial charge is 0.0125 e. The van der Waals surface area contributed by atoms with E-state index in [4.69, 9.17) is 5.73 Å². The number of hydrogen-bond donors (Lipinski definition) is 1. The first-order chi connectivity index (χ1) is 6.27. The van der Waals surface area contributed by atoms with E-state index >= 15 is 0 Å². The van der Waals surface area contributed by atoms with Crippen LogP contribution in [0.2, 0.25) is 0 Å². The Morgan fingerprint density at radius 3 is 2.38 bits per heavy atom. The summed E-state index contributed by atoms with van der Waals surface area (Å²) in [7, 11) is 0. The molecule has 0 amide bonds. The predicted octanol–water partition coefficient (Wildman–Crippen LogP) is 1.35. The van der Waals surface area contributed by atoms with Crippen LogP contribution in [0.15, 0.2) is 0 Å². The van der Waals surface area contributed by atoms with E-state index in [0.717, 1.165) is 11.5 Å². The molecule has 74 valence electrons. The molecule has 0 aromatic carbocycles. The molecule has 3 rings (SSSR count). The highest BCUT2D eigenvalue weighted by molar-refractivity contribution is 5.00. The van der Waals surface area contributed by atoms with Crippen molar-refractivity contribution in [3.8, 4) is 0 Å². The minimum atomic E-state index is 0.517. The molecule has 0 bridgehead atoms. The average Bonchev–Trinajstić information content (AvgIpc) is 2.41. The van der Waals surface area contributed by atoms with Crippen LogP contribution in [0.1, 0.15) is 38.5 Å². The summed E-state index contributed by atoms with van der Waals surface area (Å²) >= 11 is 0. The van der Waals surface area contributed by atoms with E-state index < -0.39 is 0 Å². The zero-order chi connectivity index (χ0) is 8.89. The van der Waals surface area contributed by atoms with Crippen LogP contribution < -0.4 is 5.73 Å². The van der Waals surface area contributed by atoms with Crippen molar-refractivity contribution < 1.29 is 0 Å². The van der Waals surface area contributed by atoms with Crippen molar-refractivity contribution in [1.29, 1.82) is 0 Å². The molecule has 0 aromatic heterocycles. The summed E-state index contributed by atoms with van der Waals surface area (Å²) in [6.07, 6.45) is 8.48. The van der Waals surface area contributed by atoms with Crippen LogP contribution in [0, 0.1) is 5.41 Å². The minimum absolute atomic E-state index is 0.517. The van der Waals surface area contributed by atoms with Crippen LogP contribution in [-0.4, -0.2) is 30.1 Å². The highest BCUT2D eigenvalue weighted by Gasteiger charge is 2.45. The first kappa shape index (κ1) is 8.25. The Morgan fingerprint density at radius 2 is 1.92 bits per heavy atom. The zero-order valence-corrected chi connectivity index (χ0v) is 8.34. The van der Waals surface area contributed by atoms with Crippen molar-refractivity contribution in [2.24, 2.45) is 11.1 Å². The topological polar surface area (TPSA) is 29.3 Å². The SMILES string of the molecule is NC1CC(N2CCC3(CCC3)C2)C1. The number of hydrogen-bond acceptors (Lipinski definition) is 2. The van der Waals surface area contributed by atoms with Crippen molar-refractivity contribution in [3.05, 3.63) is 0 Å². The second kappa shape index (κ2) is 2.71. The zero-order valence-electron chi connectivity index (χ0n) is 8.34. The van der Waals surface area contributed by atoms with Crippen LogP contribution in [0.5, 0.6) is 0 Å². The van der Waals surface area contributed by atoms with Crippen LogP contribution in [0.3, 0.4) is 0 Å². The maximum atomic E-state index is 5.82. The summed E-state index contributed by atoms with van der Waals surface area (Å²) in [5.74, 6) is 0. The molecule has 1 aliphatic heterocycles. The van der Waals surface area contributed by atoms with Crippen LogP contribution >= 0.6 is 0 Å². The number of likely N-dealkylation sites (tertiary alicyclic amines) is 1. The number of nitrogens with zero attached hydrogens (tertiary/aromatic N) is 1. The first-order valence-corrected chi connectivity index (χ1v) is 5.77. The number of nitrogens with two attached hydrogens (primary N) is 1. The average molecular weight is 180 g/mol. The summed E-state index contributed by atoms with van der Waals surface area (Å²) in [6, 6.07) is 1.37. The maximum Gasteiger partial charge on any atom is 0.0125 e. The lowest BCUT2D eigenvalue weighted by atomic mass is 9.68. The predicted molar refractivity (Wildman–Crippen MR) is 53.5 cm³/mol. The molecule has 2 aliphatic carbocycles. The number of rotatable bonds is 1. The van der Waals surface area contributed by atoms with Gasteiger partial charge in [-0.15, -0.1) is 0 Å². The van der Waals surface area contributed by atoms with Gasteiger partial charge in [-0.25, -0.2) is 0 Å². The van der Waals surface area contributed by atoms with Crippen molar-refractivity contribution in [3.63, 3.8) is 0 Å². The van der Waals surface area contributed by atoms with Crippen LogP contribution in [-0.2, 0) is 0 Å². The second-order valence-corrected chi connectivity index (χ2v) is 5.46. The third kappa shape index (κ3) is 1.23. The molecule has 0 atom stereocenters. The standard InChI is InChI=1S/C11H20N2/c12-9-6-10(7-9)13-5-4-11(8-13)2-1-3-11/h9-10H,1-8,12H2. The van der Waals surface area contributed by atoms with Gasteiger partial charge >= 0.3 is 0 Å². The van der Waals surface area contributed by atoms with Gasteiger partial charge in [0.1, 0.15) is 0 Å². The van der Waals surface area contributed by atoms with Gasteiger partial charge in [0.05, 0.1) is 0 Å². The molecule has 3 aliphatic rings. The highest BCUT2D eigenvalue weighted by Crippen LogP contribution is 2.49. The molecule has 13 heavy (non-hydrogen) atoms. The Hall–Kier alpha value is -0.0800. The van der Waals surface area contributed by atoms with Crippen LogP contribution in [0.4, 0.5) is 0 Å². The van der Waals surface area contributed by atoms with E-state index in [1.807, 2.05) is 0 Å². The fourth-order valence-electron chi connectivity index (χ4n) is 3.29. The largest absolute Gasteiger partial charge is 0.328 e. The van der Waals surface area contributed by atoms with Gasteiger partial charge in [0, 0.05) is 18.6 Å². The molecule has 0 unspecified atom stereocenters. The van der Waals surface area contributed by atoms with E-state index in [0.29, 0.717) is 6.04 Å². The minimum Gasteiger partial charge on any atom is -0.328 e. The molecule has 1 saturated heterocycles. The van der Waals surface area contributed by atoms with E-state index in [1.54, 1.807) is 0 Å². The maximum absolute atomic E-state index is 5.82. The molecule has 3 fully saturated rings. The summed E-state index contributed by atoms with van der Waals surface area (Å²) < 4.78 is 0. The van der Waals surface area contributed by atoms with Gasteiger partial charge in [-0.05, 0) is 44.1 Å². The lowest BCUT2D eigenvalue weighted by molar-refractivity contribution is 0.0894. The summed E-state index contributed by atoms with van der Waals surface area (Å²) in [5.41, 5.74) is 6.60. The Balaban J connectivity index is 1.57. The van der Waals surface area contributed by atoms with E-state index in [9.17, 15) is 0 Å². The second-order valence-electron chi connectivity index (χ2n) is 5.46. The van der Waals surface area contributed by atoms with Gasteiger partial charge in [0.2, 0.25) is 0 Å². The molecular weight excluding hydrogens is 160 g/mol. The monoisotopic (exact) mass is 180 g/mol.